The summed E-state index contributed by atoms with van der Waals surface area (Å²) in [5, 5.41) is 12.3. The predicted octanol–water partition coefficient (Wildman–Crippen LogP) is 2.10. The van der Waals surface area contributed by atoms with E-state index in [-0.39, 0.29) is 12.5 Å². The van der Waals surface area contributed by atoms with Crippen molar-refractivity contribution in [1.29, 1.82) is 0 Å². The lowest BCUT2D eigenvalue weighted by Gasteiger charge is -2.17. The molecule has 2 N–H and O–H groups in total. The molecule has 0 fully saturated rings. The van der Waals surface area contributed by atoms with Crippen molar-refractivity contribution < 1.29 is 19.4 Å². The molecule has 0 amide bonds. The molecule has 0 aromatic heterocycles. The molecule has 1 atom stereocenters. The Morgan fingerprint density at radius 1 is 1.33 bits per heavy atom. The molecule has 0 aliphatic rings. The van der Waals surface area contributed by atoms with E-state index in [0.29, 0.717) is 19.6 Å². The Morgan fingerprint density at radius 3 is 2.62 bits per heavy atom. The first-order valence-electron chi connectivity index (χ1n) is 7.31. The van der Waals surface area contributed by atoms with E-state index in [0.717, 1.165) is 24.3 Å². The highest BCUT2D eigenvalue weighted by Crippen LogP contribution is 2.13. The van der Waals surface area contributed by atoms with Crippen LogP contribution in [0.4, 0.5) is 0 Å². The Bertz CT molecular complexity index is 405. The molecule has 0 spiro atoms. The van der Waals surface area contributed by atoms with E-state index in [4.69, 9.17) is 14.6 Å². The van der Waals surface area contributed by atoms with Crippen molar-refractivity contribution in [3.63, 3.8) is 0 Å². The Labute approximate surface area is 126 Å². The minimum atomic E-state index is -0.786. The van der Waals surface area contributed by atoms with E-state index in [1.165, 1.54) is 0 Å². The van der Waals surface area contributed by atoms with Crippen LogP contribution < -0.4 is 10.1 Å². The number of aliphatic carboxylic acids is 1. The van der Waals surface area contributed by atoms with E-state index >= 15 is 0 Å². The molecule has 0 saturated carbocycles. The molecule has 0 bridgehead atoms. The molecule has 1 aromatic rings. The van der Waals surface area contributed by atoms with Crippen LogP contribution in [-0.2, 0) is 16.0 Å². The Kier molecular flexibility index (Phi) is 8.47. The fourth-order valence-corrected chi connectivity index (χ4v) is 2.10. The van der Waals surface area contributed by atoms with Crippen molar-refractivity contribution in [3.8, 4) is 5.75 Å². The van der Waals surface area contributed by atoms with Crippen molar-refractivity contribution >= 4 is 5.97 Å². The van der Waals surface area contributed by atoms with Gasteiger partial charge < -0.3 is 19.9 Å². The number of ether oxygens (including phenoxy) is 2. The summed E-state index contributed by atoms with van der Waals surface area (Å²) in [6.45, 7) is 4.13. The predicted molar refractivity (Wildman–Crippen MR) is 81.9 cm³/mol. The maximum absolute atomic E-state index is 11.0. The standard InChI is InChI=1S/C16H25NO4/c1-3-21-10-4-9-17-14(12-16(18)19)11-13-5-7-15(20-2)8-6-13/h5-8,14,17H,3-4,9-12H2,1-2H3,(H,18,19). The summed E-state index contributed by atoms with van der Waals surface area (Å²) in [6.07, 6.45) is 1.68. The molecule has 21 heavy (non-hydrogen) atoms. The minimum absolute atomic E-state index is 0.0717. The molecule has 0 aliphatic heterocycles. The molecule has 5 heteroatoms. The summed E-state index contributed by atoms with van der Waals surface area (Å²) < 4.78 is 10.4. The van der Waals surface area contributed by atoms with Crippen LogP contribution in [0.1, 0.15) is 25.3 Å². The number of carbonyl (C=O) groups is 1. The molecule has 118 valence electrons. The lowest BCUT2D eigenvalue weighted by molar-refractivity contribution is -0.137. The molecule has 0 aliphatic carbocycles. The number of carboxylic acid groups (broad SMARTS) is 1. The van der Waals surface area contributed by atoms with E-state index in [1.54, 1.807) is 7.11 Å². The van der Waals surface area contributed by atoms with Gasteiger partial charge in [0.05, 0.1) is 13.5 Å². The number of hydrogen-bond acceptors (Lipinski definition) is 4. The van der Waals surface area contributed by atoms with Crippen molar-refractivity contribution in [1.82, 2.24) is 5.32 Å². The molecule has 0 heterocycles. The fraction of sp³-hybridized carbons (Fsp3) is 0.562. The van der Waals surface area contributed by atoms with Gasteiger partial charge in [-0.2, -0.15) is 0 Å². The van der Waals surface area contributed by atoms with Gasteiger partial charge in [-0.15, -0.1) is 0 Å². The summed E-state index contributed by atoms with van der Waals surface area (Å²) in [6, 6.07) is 7.65. The summed E-state index contributed by atoms with van der Waals surface area (Å²) in [4.78, 5) is 11.0. The zero-order valence-corrected chi connectivity index (χ0v) is 12.8. The first-order chi connectivity index (χ1) is 10.2. The Hall–Kier alpha value is -1.59. The third kappa shape index (κ3) is 7.68. The van der Waals surface area contributed by atoms with E-state index in [1.807, 2.05) is 31.2 Å². The fourth-order valence-electron chi connectivity index (χ4n) is 2.10. The van der Waals surface area contributed by atoms with Crippen LogP contribution in [0.15, 0.2) is 24.3 Å². The van der Waals surface area contributed by atoms with Gasteiger partial charge in [0.25, 0.3) is 0 Å². The van der Waals surface area contributed by atoms with Gasteiger partial charge in [-0.25, -0.2) is 0 Å². The van der Waals surface area contributed by atoms with Crippen molar-refractivity contribution in [2.24, 2.45) is 0 Å². The lowest BCUT2D eigenvalue weighted by Crippen LogP contribution is -2.34. The molecule has 1 rings (SSSR count). The zero-order valence-electron chi connectivity index (χ0n) is 12.8. The van der Waals surface area contributed by atoms with Gasteiger partial charge in [-0.3, -0.25) is 4.79 Å². The third-order valence-electron chi connectivity index (χ3n) is 3.16. The third-order valence-corrected chi connectivity index (χ3v) is 3.16. The second-order valence-corrected chi connectivity index (χ2v) is 4.85. The van der Waals surface area contributed by atoms with Gasteiger partial charge in [0.1, 0.15) is 5.75 Å². The number of rotatable bonds is 11. The van der Waals surface area contributed by atoms with Crippen molar-refractivity contribution in [2.75, 3.05) is 26.9 Å². The highest BCUT2D eigenvalue weighted by atomic mass is 16.5. The Morgan fingerprint density at radius 2 is 2.05 bits per heavy atom. The number of carboxylic acids is 1. The summed E-state index contributed by atoms with van der Waals surface area (Å²) >= 11 is 0. The van der Waals surface area contributed by atoms with Gasteiger partial charge in [0, 0.05) is 19.3 Å². The van der Waals surface area contributed by atoms with E-state index in [2.05, 4.69) is 5.32 Å². The average Bonchev–Trinajstić information content (AvgIpc) is 2.47. The molecule has 0 saturated heterocycles. The number of hydrogen-bond donors (Lipinski definition) is 2. The minimum Gasteiger partial charge on any atom is -0.497 e. The van der Waals surface area contributed by atoms with Gasteiger partial charge in [-0.1, -0.05) is 12.1 Å². The smallest absolute Gasteiger partial charge is 0.304 e. The Balaban J connectivity index is 2.45. The molecule has 1 unspecified atom stereocenters. The summed E-state index contributed by atoms with van der Waals surface area (Å²) in [5.74, 6) is 0.0176. The van der Waals surface area contributed by atoms with E-state index < -0.39 is 5.97 Å². The van der Waals surface area contributed by atoms with Crippen LogP contribution in [0.2, 0.25) is 0 Å². The van der Waals surface area contributed by atoms with Crippen LogP contribution in [0.25, 0.3) is 0 Å². The van der Waals surface area contributed by atoms with Gasteiger partial charge in [0.15, 0.2) is 0 Å². The molecular weight excluding hydrogens is 270 g/mol. The second kappa shape index (κ2) is 10.2. The summed E-state index contributed by atoms with van der Waals surface area (Å²) in [7, 11) is 1.63. The normalized spacial score (nSPS) is 12.1. The zero-order chi connectivity index (χ0) is 15.5. The van der Waals surface area contributed by atoms with Crippen molar-refractivity contribution in [3.05, 3.63) is 29.8 Å². The van der Waals surface area contributed by atoms with E-state index in [9.17, 15) is 4.79 Å². The molecule has 0 radical (unpaired) electrons. The first-order valence-corrected chi connectivity index (χ1v) is 7.31. The largest absolute Gasteiger partial charge is 0.497 e. The van der Waals surface area contributed by atoms with Crippen LogP contribution in [0.3, 0.4) is 0 Å². The van der Waals surface area contributed by atoms with Crippen LogP contribution in [-0.4, -0.2) is 44.0 Å². The van der Waals surface area contributed by atoms with Crippen LogP contribution in [0.5, 0.6) is 5.75 Å². The van der Waals surface area contributed by atoms with Gasteiger partial charge in [-0.05, 0) is 44.0 Å². The van der Waals surface area contributed by atoms with Crippen LogP contribution in [0, 0.1) is 0 Å². The second-order valence-electron chi connectivity index (χ2n) is 4.85. The first kappa shape index (κ1) is 17.5. The van der Waals surface area contributed by atoms with Crippen LogP contribution >= 0.6 is 0 Å². The average molecular weight is 295 g/mol. The molecule has 1 aromatic carbocycles. The monoisotopic (exact) mass is 295 g/mol. The number of benzene rings is 1. The van der Waals surface area contributed by atoms with Gasteiger partial charge in [0.2, 0.25) is 0 Å². The maximum atomic E-state index is 11.0. The SMILES string of the molecule is CCOCCCNC(CC(=O)O)Cc1ccc(OC)cc1. The topological polar surface area (TPSA) is 67.8 Å². The molecular formula is C16H25NO4. The molecule has 5 nitrogen and oxygen atoms in total. The lowest BCUT2D eigenvalue weighted by atomic mass is 10.0. The maximum Gasteiger partial charge on any atom is 0.304 e. The highest BCUT2D eigenvalue weighted by Gasteiger charge is 2.13. The van der Waals surface area contributed by atoms with Gasteiger partial charge >= 0.3 is 5.97 Å². The number of methoxy groups -OCH3 is 1. The van der Waals surface area contributed by atoms with Crippen molar-refractivity contribution in [2.45, 2.75) is 32.2 Å². The summed E-state index contributed by atoms with van der Waals surface area (Å²) in [5.41, 5.74) is 1.10. The highest BCUT2D eigenvalue weighted by molar-refractivity contribution is 5.67. The quantitative estimate of drug-likeness (QED) is 0.612. The number of nitrogens with one attached hydrogen (secondary N) is 1.